The maximum absolute atomic E-state index is 14.1. The van der Waals surface area contributed by atoms with Crippen LogP contribution in [0.15, 0.2) is 103 Å². The van der Waals surface area contributed by atoms with Crippen molar-refractivity contribution in [1.82, 2.24) is 4.90 Å². The molecule has 1 fully saturated rings. The molecule has 2 aliphatic heterocycles. The second-order valence-corrected chi connectivity index (χ2v) is 18.8. The largest absolute Gasteiger partial charge is 0.497 e. The lowest BCUT2D eigenvalue weighted by molar-refractivity contribution is -0.138. The van der Waals surface area contributed by atoms with Crippen LogP contribution < -0.4 is 15.2 Å². The summed E-state index contributed by atoms with van der Waals surface area (Å²) in [5.41, 5.74) is 5.06. The predicted molar refractivity (Wildman–Crippen MR) is 197 cm³/mol. The van der Waals surface area contributed by atoms with E-state index in [0.717, 1.165) is 35.4 Å². The Kier molecular flexibility index (Phi) is 10.7. The molecule has 256 valence electrons. The number of aliphatic hydroxyl groups excluding tert-OH is 1. The third-order valence-electron chi connectivity index (χ3n) is 10.8. The van der Waals surface area contributed by atoms with E-state index in [9.17, 15) is 14.7 Å². The Morgan fingerprint density at radius 1 is 0.918 bits per heavy atom. The molecule has 1 saturated heterocycles. The van der Waals surface area contributed by atoms with Crippen LogP contribution >= 0.6 is 0 Å². The number of nitrogens with one attached hydrogen (secondary N) is 1. The van der Waals surface area contributed by atoms with Gasteiger partial charge in [0.25, 0.3) is 5.91 Å². The van der Waals surface area contributed by atoms with Gasteiger partial charge in [0.1, 0.15) is 5.75 Å². The van der Waals surface area contributed by atoms with Crippen LogP contribution in [0.2, 0.25) is 18.6 Å². The lowest BCUT2D eigenvalue weighted by Gasteiger charge is -2.39. The van der Waals surface area contributed by atoms with Crippen molar-refractivity contribution in [3.8, 4) is 5.75 Å². The number of aliphatic hydroxyl groups is 1. The first-order chi connectivity index (χ1) is 23.7. The number of methoxy groups -OCH3 is 1. The van der Waals surface area contributed by atoms with Gasteiger partial charge in [-0.15, -0.1) is 0 Å². The summed E-state index contributed by atoms with van der Waals surface area (Å²) in [6, 6.07) is 33.7. The van der Waals surface area contributed by atoms with Gasteiger partial charge in [-0.3, -0.25) is 9.59 Å². The number of fused-ring (bicyclic) bond motifs is 1. The van der Waals surface area contributed by atoms with Crippen molar-refractivity contribution >= 4 is 30.8 Å². The molecule has 8 heteroatoms. The zero-order chi connectivity index (χ0) is 34.5. The maximum atomic E-state index is 14.1. The molecule has 0 bridgehead atoms. The Morgan fingerprint density at radius 2 is 1.63 bits per heavy atom. The fourth-order valence-corrected chi connectivity index (χ4v) is 12.1. The number of anilines is 1. The summed E-state index contributed by atoms with van der Waals surface area (Å²) < 4.78 is 12.4. The molecule has 0 radical (unpaired) electrons. The molecule has 4 aromatic carbocycles. The summed E-state index contributed by atoms with van der Waals surface area (Å²) in [6.45, 7) is 7.53. The zero-order valence-electron chi connectivity index (χ0n) is 29.0. The lowest BCUT2D eigenvalue weighted by Crippen LogP contribution is -2.52. The number of hydrogen-bond donors (Lipinski definition) is 2. The number of rotatable bonds is 11. The second kappa shape index (κ2) is 15.1. The summed E-state index contributed by atoms with van der Waals surface area (Å²) in [7, 11) is -0.483. The number of nitrogens with zero attached hydrogens (tertiary/aromatic N) is 1. The third-order valence-corrected chi connectivity index (χ3v) is 15.2. The summed E-state index contributed by atoms with van der Waals surface area (Å²) in [6.07, 6.45) is 2.29. The van der Waals surface area contributed by atoms with Gasteiger partial charge >= 0.3 is 0 Å². The van der Waals surface area contributed by atoms with Crippen molar-refractivity contribution in [2.75, 3.05) is 19.0 Å². The van der Waals surface area contributed by atoms with E-state index in [0.29, 0.717) is 18.5 Å². The van der Waals surface area contributed by atoms with E-state index in [2.05, 4.69) is 55.7 Å². The van der Waals surface area contributed by atoms with Gasteiger partial charge < -0.3 is 24.8 Å². The minimum Gasteiger partial charge on any atom is -0.497 e. The average molecular weight is 677 g/mol. The Morgan fingerprint density at radius 3 is 2.35 bits per heavy atom. The second-order valence-electron chi connectivity index (χ2n) is 14.1. The van der Waals surface area contributed by atoms with Gasteiger partial charge in [-0.1, -0.05) is 91.9 Å². The maximum Gasteiger partial charge on any atom is 0.255 e. The normalized spacial score (nSPS) is 22.0. The molecular weight excluding hydrogens is 629 g/mol. The SMILES string of the molecule is COc1ccc([Si](C)(C)[C@@H]2[C@@H](C)[C@@H](CCc3cccc(NC(=O)c4ccccc4)c3)O[C@H]2CC(=O)N2Cc3ccccc3C[C@H]2CO)cc1. The van der Waals surface area contributed by atoms with E-state index < -0.39 is 8.07 Å². The molecule has 5 atom stereocenters. The minimum absolute atomic E-state index is 0.0221. The van der Waals surface area contributed by atoms with Gasteiger partial charge in [0.05, 0.1) is 46.5 Å². The summed E-state index contributed by atoms with van der Waals surface area (Å²) in [5, 5.41) is 14.6. The van der Waals surface area contributed by atoms with Crippen molar-refractivity contribution in [3.05, 3.63) is 125 Å². The average Bonchev–Trinajstić information content (AvgIpc) is 3.45. The molecule has 6 rings (SSSR count). The van der Waals surface area contributed by atoms with Crippen LogP contribution in [0.4, 0.5) is 5.69 Å². The predicted octanol–water partition coefficient (Wildman–Crippen LogP) is 6.61. The van der Waals surface area contributed by atoms with Gasteiger partial charge in [-0.2, -0.15) is 0 Å². The molecule has 2 amide bonds. The van der Waals surface area contributed by atoms with Gasteiger partial charge in [-0.05, 0) is 83.8 Å². The van der Waals surface area contributed by atoms with Crippen molar-refractivity contribution in [3.63, 3.8) is 0 Å². The van der Waals surface area contributed by atoms with Gasteiger partial charge in [-0.25, -0.2) is 0 Å². The number of amides is 2. The number of carbonyl (C=O) groups is 2. The van der Waals surface area contributed by atoms with Crippen molar-refractivity contribution < 1.29 is 24.2 Å². The fraction of sp³-hybridized carbons (Fsp3) is 0.366. The number of hydrogen-bond acceptors (Lipinski definition) is 5. The standard InChI is InChI=1S/C41H48N2O5Si/c1-28-37(22-17-29-11-10-16-33(23-29)42-41(46)30-12-6-5-7-13-30)48-38(40(28)49(3,4)36-20-18-35(47-2)19-21-36)25-39(45)43-26-32-15-9-8-14-31(32)24-34(43)27-44/h5-16,18-21,23,28,34,37-38,40,44H,17,22,24-27H2,1-4H3,(H,42,46)/t28-,34-,37+,38-,40+/m0/s1. The van der Waals surface area contributed by atoms with Crippen LogP contribution in [0.25, 0.3) is 0 Å². The minimum atomic E-state index is -2.17. The van der Waals surface area contributed by atoms with E-state index in [1.54, 1.807) is 19.2 Å². The molecular formula is C41H48N2O5Si. The van der Waals surface area contributed by atoms with Crippen molar-refractivity contribution in [1.29, 1.82) is 0 Å². The Labute approximate surface area is 291 Å². The fourth-order valence-electron chi connectivity index (χ4n) is 8.08. The van der Waals surface area contributed by atoms with Gasteiger partial charge in [0.2, 0.25) is 5.91 Å². The number of ether oxygens (including phenoxy) is 2. The molecule has 2 aliphatic rings. The molecule has 49 heavy (non-hydrogen) atoms. The monoisotopic (exact) mass is 676 g/mol. The molecule has 0 aromatic heterocycles. The molecule has 2 heterocycles. The van der Waals surface area contributed by atoms with Crippen LogP contribution in [0.3, 0.4) is 0 Å². The van der Waals surface area contributed by atoms with E-state index in [-0.39, 0.29) is 54.6 Å². The quantitative estimate of drug-likeness (QED) is 0.175. The highest BCUT2D eigenvalue weighted by Gasteiger charge is 2.51. The molecule has 0 spiro atoms. The van der Waals surface area contributed by atoms with E-state index in [4.69, 9.17) is 9.47 Å². The number of benzene rings is 4. The Bertz CT molecular complexity index is 1740. The van der Waals surface area contributed by atoms with Gasteiger partial charge in [0, 0.05) is 17.8 Å². The highest BCUT2D eigenvalue weighted by Crippen LogP contribution is 2.47. The van der Waals surface area contributed by atoms with Crippen LogP contribution in [-0.2, 0) is 28.9 Å². The molecule has 4 aromatic rings. The lowest BCUT2D eigenvalue weighted by atomic mass is 9.93. The van der Waals surface area contributed by atoms with Crippen molar-refractivity contribution in [2.45, 2.75) is 76.0 Å². The van der Waals surface area contributed by atoms with Crippen LogP contribution in [0.5, 0.6) is 5.75 Å². The number of aryl methyl sites for hydroxylation is 1. The molecule has 2 N–H and O–H groups in total. The van der Waals surface area contributed by atoms with E-state index in [1.165, 1.54) is 10.8 Å². The third kappa shape index (κ3) is 7.67. The van der Waals surface area contributed by atoms with Crippen LogP contribution in [-0.4, -0.2) is 61.9 Å². The topological polar surface area (TPSA) is 88.1 Å². The first-order valence-electron chi connectivity index (χ1n) is 17.4. The zero-order valence-corrected chi connectivity index (χ0v) is 30.0. The summed E-state index contributed by atoms with van der Waals surface area (Å²) in [5.74, 6) is 0.972. The highest BCUT2D eigenvalue weighted by atomic mass is 28.3. The van der Waals surface area contributed by atoms with Gasteiger partial charge in [0.15, 0.2) is 0 Å². The first kappa shape index (κ1) is 34.6. The molecule has 0 saturated carbocycles. The Hall–Kier alpha value is -4.24. The van der Waals surface area contributed by atoms with Crippen molar-refractivity contribution in [2.24, 2.45) is 5.92 Å². The highest BCUT2D eigenvalue weighted by molar-refractivity contribution is 6.91. The Balaban J connectivity index is 1.20. The molecule has 0 unspecified atom stereocenters. The first-order valence-corrected chi connectivity index (χ1v) is 20.5. The number of carbonyl (C=O) groups excluding carboxylic acids is 2. The molecule has 0 aliphatic carbocycles. The smallest absolute Gasteiger partial charge is 0.255 e. The summed E-state index contributed by atoms with van der Waals surface area (Å²) >= 11 is 0. The summed E-state index contributed by atoms with van der Waals surface area (Å²) in [4.78, 5) is 28.8. The van der Waals surface area contributed by atoms with E-state index in [1.807, 2.05) is 65.6 Å². The van der Waals surface area contributed by atoms with Crippen LogP contribution in [0.1, 0.15) is 46.8 Å². The molecule has 7 nitrogen and oxygen atoms in total. The van der Waals surface area contributed by atoms with Crippen LogP contribution in [0, 0.1) is 5.92 Å². The van der Waals surface area contributed by atoms with E-state index >= 15 is 0 Å².